The molecule has 8 nitrogen and oxygen atoms in total. The van der Waals surface area contributed by atoms with Crippen molar-refractivity contribution < 1.29 is 14.7 Å². The maximum absolute atomic E-state index is 11.6. The molecule has 1 saturated heterocycles. The number of primary amides is 1. The van der Waals surface area contributed by atoms with E-state index < -0.39 is 12.0 Å². The Kier molecular flexibility index (Phi) is 4.79. The number of hydrogen-bond donors (Lipinski definition) is 2. The standard InChI is InChI=1S/C20H21N5O3/c21-20(28)25-17-5-4-14(9-16(17)18(23-25)19(26)27)15-8-13(10-22-11-15)12-24-6-2-1-3-7-24/h4-5,8-11H,1-3,6-7,12H2,(H2,21,28)(H,26,27). The summed E-state index contributed by atoms with van der Waals surface area (Å²) in [7, 11) is 0. The Balaban J connectivity index is 1.71. The molecule has 4 rings (SSSR count). The van der Waals surface area contributed by atoms with Crippen LogP contribution in [-0.4, -0.2) is 49.9 Å². The van der Waals surface area contributed by atoms with E-state index in [0.29, 0.717) is 10.9 Å². The van der Waals surface area contributed by atoms with Gasteiger partial charge in [-0.25, -0.2) is 9.59 Å². The zero-order valence-electron chi connectivity index (χ0n) is 15.3. The minimum atomic E-state index is -1.21. The third-order valence-electron chi connectivity index (χ3n) is 5.07. The fourth-order valence-corrected chi connectivity index (χ4v) is 3.73. The predicted octanol–water partition coefficient (Wildman–Crippen LogP) is 2.71. The van der Waals surface area contributed by atoms with Crippen LogP contribution in [0.25, 0.3) is 22.0 Å². The molecule has 3 heterocycles. The highest BCUT2D eigenvalue weighted by molar-refractivity contribution is 6.04. The molecule has 1 aliphatic heterocycles. The third kappa shape index (κ3) is 3.46. The summed E-state index contributed by atoms with van der Waals surface area (Å²) in [5.41, 5.74) is 8.29. The molecule has 2 aromatic heterocycles. The molecule has 0 unspecified atom stereocenters. The number of fused-ring (bicyclic) bond motifs is 1. The number of rotatable bonds is 4. The number of hydrogen-bond acceptors (Lipinski definition) is 5. The van der Waals surface area contributed by atoms with Gasteiger partial charge in [0.05, 0.1) is 5.52 Å². The Labute approximate surface area is 161 Å². The summed E-state index contributed by atoms with van der Waals surface area (Å²) in [5, 5.41) is 13.6. The van der Waals surface area contributed by atoms with Crippen molar-refractivity contribution in [1.29, 1.82) is 0 Å². The smallest absolute Gasteiger partial charge is 0.357 e. The second-order valence-corrected chi connectivity index (χ2v) is 7.05. The van der Waals surface area contributed by atoms with E-state index in [0.717, 1.165) is 41.0 Å². The Morgan fingerprint density at radius 2 is 1.86 bits per heavy atom. The maximum atomic E-state index is 11.6. The van der Waals surface area contributed by atoms with Crippen molar-refractivity contribution in [2.45, 2.75) is 25.8 Å². The van der Waals surface area contributed by atoms with Crippen molar-refractivity contribution in [3.63, 3.8) is 0 Å². The zero-order valence-corrected chi connectivity index (χ0v) is 15.3. The molecule has 1 fully saturated rings. The van der Waals surface area contributed by atoms with Gasteiger partial charge >= 0.3 is 12.0 Å². The number of likely N-dealkylation sites (tertiary alicyclic amines) is 1. The molecule has 8 heteroatoms. The largest absolute Gasteiger partial charge is 0.476 e. The topological polar surface area (TPSA) is 114 Å². The zero-order chi connectivity index (χ0) is 19.7. The number of benzene rings is 1. The van der Waals surface area contributed by atoms with E-state index >= 15 is 0 Å². The number of pyridine rings is 1. The molecule has 3 aromatic rings. The number of carbonyl (C=O) groups is 2. The number of carboxylic acid groups (broad SMARTS) is 1. The van der Waals surface area contributed by atoms with Crippen LogP contribution in [0.5, 0.6) is 0 Å². The highest BCUT2D eigenvalue weighted by Crippen LogP contribution is 2.27. The molecule has 0 atom stereocenters. The fourth-order valence-electron chi connectivity index (χ4n) is 3.73. The van der Waals surface area contributed by atoms with E-state index in [4.69, 9.17) is 5.73 Å². The van der Waals surface area contributed by atoms with Crippen LogP contribution in [0.2, 0.25) is 0 Å². The Bertz CT molecular complexity index is 1050. The summed E-state index contributed by atoms with van der Waals surface area (Å²) in [5.74, 6) is -1.21. The van der Waals surface area contributed by atoms with Crippen molar-refractivity contribution in [3.8, 4) is 11.1 Å². The van der Waals surface area contributed by atoms with Crippen molar-refractivity contribution in [3.05, 3.63) is 47.9 Å². The van der Waals surface area contributed by atoms with Crippen LogP contribution in [0.4, 0.5) is 4.79 Å². The average molecular weight is 379 g/mol. The Morgan fingerprint density at radius 3 is 2.57 bits per heavy atom. The van der Waals surface area contributed by atoms with E-state index in [-0.39, 0.29) is 5.69 Å². The van der Waals surface area contributed by atoms with Gasteiger partial charge in [-0.2, -0.15) is 9.78 Å². The minimum absolute atomic E-state index is 0.201. The molecule has 3 N–H and O–H groups in total. The van der Waals surface area contributed by atoms with Crippen molar-refractivity contribution in [1.82, 2.24) is 19.7 Å². The van der Waals surface area contributed by atoms with Crippen LogP contribution in [0.3, 0.4) is 0 Å². The van der Waals surface area contributed by atoms with Crippen LogP contribution >= 0.6 is 0 Å². The van der Waals surface area contributed by atoms with Crippen LogP contribution in [0, 0.1) is 0 Å². The van der Waals surface area contributed by atoms with Crippen LogP contribution in [0.15, 0.2) is 36.7 Å². The van der Waals surface area contributed by atoms with Gasteiger partial charge in [-0.1, -0.05) is 12.5 Å². The summed E-state index contributed by atoms with van der Waals surface area (Å²) in [6.45, 7) is 3.05. The normalized spacial score (nSPS) is 15.0. The number of carboxylic acids is 1. The molecule has 1 aliphatic rings. The second kappa shape index (κ2) is 7.40. The molecule has 0 spiro atoms. The minimum Gasteiger partial charge on any atom is -0.476 e. The quantitative estimate of drug-likeness (QED) is 0.720. The molecular formula is C20H21N5O3. The van der Waals surface area contributed by atoms with E-state index in [1.165, 1.54) is 19.3 Å². The lowest BCUT2D eigenvalue weighted by atomic mass is 10.0. The number of amides is 1. The molecule has 28 heavy (non-hydrogen) atoms. The van der Waals surface area contributed by atoms with Crippen molar-refractivity contribution >= 4 is 22.9 Å². The van der Waals surface area contributed by atoms with Gasteiger partial charge in [-0.05, 0) is 55.3 Å². The maximum Gasteiger partial charge on any atom is 0.357 e. The average Bonchev–Trinajstić information content (AvgIpc) is 3.08. The number of nitrogens with two attached hydrogens (primary N) is 1. The van der Waals surface area contributed by atoms with Gasteiger partial charge in [-0.3, -0.25) is 9.88 Å². The summed E-state index contributed by atoms with van der Waals surface area (Å²) in [6, 6.07) is 6.44. The highest BCUT2D eigenvalue weighted by Gasteiger charge is 2.19. The molecular weight excluding hydrogens is 358 g/mol. The fraction of sp³-hybridized carbons (Fsp3) is 0.300. The van der Waals surface area contributed by atoms with Gasteiger partial charge in [0.2, 0.25) is 0 Å². The van der Waals surface area contributed by atoms with Crippen molar-refractivity contribution in [2.24, 2.45) is 5.73 Å². The first-order valence-electron chi connectivity index (χ1n) is 9.25. The van der Waals surface area contributed by atoms with Crippen LogP contribution in [0.1, 0.15) is 35.3 Å². The predicted molar refractivity (Wildman–Crippen MR) is 104 cm³/mol. The first-order chi connectivity index (χ1) is 13.5. The Morgan fingerprint density at radius 1 is 1.07 bits per heavy atom. The van der Waals surface area contributed by atoms with Crippen molar-refractivity contribution in [2.75, 3.05) is 13.1 Å². The molecule has 1 amide bonds. The Hall–Kier alpha value is -3.26. The van der Waals surface area contributed by atoms with Gasteiger partial charge < -0.3 is 10.8 Å². The molecule has 0 saturated carbocycles. The molecule has 144 valence electrons. The third-order valence-corrected chi connectivity index (χ3v) is 5.07. The number of carbonyl (C=O) groups excluding carboxylic acids is 1. The monoisotopic (exact) mass is 379 g/mol. The summed E-state index contributed by atoms with van der Waals surface area (Å²) in [6.07, 6.45) is 7.36. The number of aromatic nitrogens is 3. The number of aromatic carboxylic acids is 1. The molecule has 0 aliphatic carbocycles. The van der Waals surface area contributed by atoms with E-state index in [2.05, 4.69) is 21.0 Å². The van der Waals surface area contributed by atoms with E-state index in [1.807, 2.05) is 12.3 Å². The van der Waals surface area contributed by atoms with E-state index in [9.17, 15) is 14.7 Å². The van der Waals surface area contributed by atoms with Gasteiger partial charge in [0.25, 0.3) is 0 Å². The summed E-state index contributed by atoms with van der Waals surface area (Å²) < 4.78 is 0.910. The van der Waals surface area contributed by atoms with Gasteiger partial charge in [0.15, 0.2) is 5.69 Å². The van der Waals surface area contributed by atoms with E-state index in [1.54, 1.807) is 18.3 Å². The van der Waals surface area contributed by atoms with Gasteiger partial charge in [0, 0.05) is 29.9 Å². The lowest BCUT2D eigenvalue weighted by Gasteiger charge is -2.26. The first-order valence-corrected chi connectivity index (χ1v) is 9.25. The second-order valence-electron chi connectivity index (χ2n) is 7.05. The molecule has 0 radical (unpaired) electrons. The highest BCUT2D eigenvalue weighted by atomic mass is 16.4. The first kappa shape index (κ1) is 18.1. The SMILES string of the molecule is NC(=O)n1nc(C(=O)O)c2cc(-c3cncc(CN4CCCCC4)c3)ccc21. The lowest BCUT2D eigenvalue weighted by molar-refractivity contribution is 0.0692. The summed E-state index contributed by atoms with van der Waals surface area (Å²) >= 11 is 0. The van der Waals surface area contributed by atoms with Crippen LogP contribution in [-0.2, 0) is 6.54 Å². The number of piperidine rings is 1. The van der Waals surface area contributed by atoms with Gasteiger partial charge in [0.1, 0.15) is 0 Å². The lowest BCUT2D eigenvalue weighted by Crippen LogP contribution is -2.29. The summed E-state index contributed by atoms with van der Waals surface area (Å²) in [4.78, 5) is 29.9. The van der Waals surface area contributed by atoms with Crippen LogP contribution < -0.4 is 5.73 Å². The van der Waals surface area contributed by atoms with Gasteiger partial charge in [-0.15, -0.1) is 0 Å². The number of nitrogens with zero attached hydrogens (tertiary/aromatic N) is 4. The molecule has 1 aromatic carbocycles. The molecule has 0 bridgehead atoms.